The molecule has 6 nitrogen and oxygen atoms in total. The molecule has 80 valence electrons. The SMILES string of the molecule is O=C(O)c1ccccc1C=Nc1ncn[nH]1. The number of nitrogens with one attached hydrogen (secondary N) is 1. The van der Waals surface area contributed by atoms with Crippen molar-refractivity contribution in [3.05, 3.63) is 41.7 Å². The summed E-state index contributed by atoms with van der Waals surface area (Å²) in [7, 11) is 0. The van der Waals surface area contributed by atoms with Crippen molar-refractivity contribution in [1.82, 2.24) is 15.2 Å². The monoisotopic (exact) mass is 216 g/mol. The highest BCUT2D eigenvalue weighted by molar-refractivity contribution is 5.98. The van der Waals surface area contributed by atoms with E-state index in [1.165, 1.54) is 18.6 Å². The van der Waals surface area contributed by atoms with Crippen molar-refractivity contribution in [3.63, 3.8) is 0 Å². The Bertz CT molecular complexity index is 519. The van der Waals surface area contributed by atoms with E-state index in [0.717, 1.165) is 0 Å². The number of aromatic carboxylic acids is 1. The molecule has 6 heteroatoms. The first kappa shape index (κ1) is 10.0. The minimum Gasteiger partial charge on any atom is -0.478 e. The van der Waals surface area contributed by atoms with Crippen LogP contribution in [-0.4, -0.2) is 32.5 Å². The van der Waals surface area contributed by atoms with E-state index >= 15 is 0 Å². The molecule has 0 amide bonds. The van der Waals surface area contributed by atoms with Crippen LogP contribution < -0.4 is 0 Å². The largest absolute Gasteiger partial charge is 0.478 e. The molecule has 0 spiro atoms. The quantitative estimate of drug-likeness (QED) is 0.755. The molecule has 0 saturated carbocycles. The number of aromatic nitrogens is 3. The number of carboxylic acids is 1. The van der Waals surface area contributed by atoms with E-state index in [1.54, 1.807) is 18.2 Å². The molecular formula is C10H8N4O2. The lowest BCUT2D eigenvalue weighted by Gasteiger charge is -1.98. The Morgan fingerprint density at radius 2 is 2.25 bits per heavy atom. The molecule has 2 N–H and O–H groups in total. The number of nitrogens with zero attached hydrogens (tertiary/aromatic N) is 3. The smallest absolute Gasteiger partial charge is 0.336 e. The molecule has 0 atom stereocenters. The van der Waals surface area contributed by atoms with Gasteiger partial charge in [-0.2, -0.15) is 10.1 Å². The van der Waals surface area contributed by atoms with Crippen molar-refractivity contribution in [2.24, 2.45) is 4.99 Å². The van der Waals surface area contributed by atoms with Gasteiger partial charge in [0.25, 0.3) is 0 Å². The van der Waals surface area contributed by atoms with Gasteiger partial charge in [0.05, 0.1) is 5.56 Å². The normalized spacial score (nSPS) is 10.8. The molecule has 0 fully saturated rings. The summed E-state index contributed by atoms with van der Waals surface area (Å²) >= 11 is 0. The van der Waals surface area contributed by atoms with Gasteiger partial charge >= 0.3 is 5.97 Å². The molecule has 0 radical (unpaired) electrons. The summed E-state index contributed by atoms with van der Waals surface area (Å²) < 4.78 is 0. The molecule has 0 aliphatic carbocycles. The zero-order chi connectivity index (χ0) is 11.4. The Morgan fingerprint density at radius 3 is 2.94 bits per heavy atom. The number of carboxylic acid groups (broad SMARTS) is 1. The van der Waals surface area contributed by atoms with Crippen LogP contribution in [0.2, 0.25) is 0 Å². The molecule has 16 heavy (non-hydrogen) atoms. The van der Waals surface area contributed by atoms with E-state index in [9.17, 15) is 4.79 Å². The van der Waals surface area contributed by atoms with Gasteiger partial charge in [0, 0.05) is 11.8 Å². The maximum atomic E-state index is 10.9. The molecule has 2 rings (SSSR count). The van der Waals surface area contributed by atoms with Crippen molar-refractivity contribution in [1.29, 1.82) is 0 Å². The van der Waals surface area contributed by atoms with Crippen LogP contribution in [0, 0.1) is 0 Å². The number of H-pyrrole nitrogens is 1. The Labute approximate surface area is 90.7 Å². The van der Waals surface area contributed by atoms with Crippen molar-refractivity contribution in [2.45, 2.75) is 0 Å². The Kier molecular flexibility index (Phi) is 2.73. The van der Waals surface area contributed by atoms with Crippen LogP contribution in [0.1, 0.15) is 15.9 Å². The lowest BCUT2D eigenvalue weighted by Crippen LogP contribution is -2.01. The molecule has 0 unspecified atom stereocenters. The van der Waals surface area contributed by atoms with Crippen LogP contribution in [0.4, 0.5) is 5.95 Å². The van der Waals surface area contributed by atoms with Crippen molar-refractivity contribution >= 4 is 18.1 Å². The number of benzene rings is 1. The second-order valence-electron chi connectivity index (χ2n) is 2.96. The van der Waals surface area contributed by atoms with E-state index in [4.69, 9.17) is 5.11 Å². The average molecular weight is 216 g/mol. The second-order valence-corrected chi connectivity index (χ2v) is 2.96. The fourth-order valence-electron chi connectivity index (χ4n) is 1.20. The first-order valence-corrected chi connectivity index (χ1v) is 4.49. The Morgan fingerprint density at radius 1 is 1.44 bits per heavy atom. The van der Waals surface area contributed by atoms with Gasteiger partial charge in [-0.25, -0.2) is 14.9 Å². The summed E-state index contributed by atoms with van der Waals surface area (Å²) in [6.07, 6.45) is 2.76. The van der Waals surface area contributed by atoms with Gasteiger partial charge in [-0.05, 0) is 6.07 Å². The lowest BCUT2D eigenvalue weighted by molar-refractivity contribution is 0.0697. The minimum atomic E-state index is -0.986. The third-order valence-corrected chi connectivity index (χ3v) is 1.92. The second kappa shape index (κ2) is 4.35. The first-order chi connectivity index (χ1) is 7.77. The number of rotatable bonds is 3. The molecule has 0 saturated heterocycles. The topological polar surface area (TPSA) is 91.2 Å². The third-order valence-electron chi connectivity index (χ3n) is 1.92. The summed E-state index contributed by atoms with van der Waals surface area (Å²) in [5, 5.41) is 15.1. The fraction of sp³-hybridized carbons (Fsp3) is 0. The number of aliphatic imine (C=N–C) groups is 1. The lowest BCUT2D eigenvalue weighted by atomic mass is 10.1. The van der Waals surface area contributed by atoms with Crippen molar-refractivity contribution < 1.29 is 9.90 Å². The number of aromatic amines is 1. The summed E-state index contributed by atoms with van der Waals surface area (Å²) in [5.41, 5.74) is 0.720. The number of hydrogen-bond acceptors (Lipinski definition) is 4. The molecule has 1 aromatic heterocycles. The van der Waals surface area contributed by atoms with Crippen LogP contribution in [0.5, 0.6) is 0 Å². The molecule has 0 bridgehead atoms. The van der Waals surface area contributed by atoms with E-state index in [-0.39, 0.29) is 5.56 Å². The van der Waals surface area contributed by atoms with Gasteiger partial charge in [0.2, 0.25) is 5.95 Å². The standard InChI is InChI=1S/C10H8N4O2/c15-9(16)8-4-2-1-3-7(8)5-11-10-12-6-13-14-10/h1-6H,(H,15,16)(H,12,13,14). The molecule has 0 aliphatic heterocycles. The van der Waals surface area contributed by atoms with E-state index < -0.39 is 5.97 Å². The molecule has 1 heterocycles. The highest BCUT2D eigenvalue weighted by Gasteiger charge is 2.06. The van der Waals surface area contributed by atoms with Gasteiger partial charge in [-0.1, -0.05) is 18.2 Å². The number of carbonyl (C=O) groups is 1. The van der Waals surface area contributed by atoms with Crippen molar-refractivity contribution in [2.75, 3.05) is 0 Å². The molecule has 0 aliphatic rings. The zero-order valence-corrected chi connectivity index (χ0v) is 8.16. The van der Waals surface area contributed by atoms with Crippen LogP contribution in [-0.2, 0) is 0 Å². The fourth-order valence-corrected chi connectivity index (χ4v) is 1.20. The van der Waals surface area contributed by atoms with Crippen LogP contribution in [0.3, 0.4) is 0 Å². The summed E-state index contributed by atoms with van der Waals surface area (Å²) in [6, 6.07) is 6.59. The summed E-state index contributed by atoms with van der Waals surface area (Å²) in [5.74, 6) is -0.653. The molecule has 2 aromatic rings. The van der Waals surface area contributed by atoms with Gasteiger partial charge < -0.3 is 5.11 Å². The predicted octanol–water partition coefficient (Wildman–Crippen LogP) is 1.25. The molecular weight excluding hydrogens is 208 g/mol. The summed E-state index contributed by atoms with van der Waals surface area (Å²) in [4.78, 5) is 18.6. The highest BCUT2D eigenvalue weighted by atomic mass is 16.4. The third kappa shape index (κ3) is 2.11. The van der Waals surface area contributed by atoms with Crippen molar-refractivity contribution in [3.8, 4) is 0 Å². The highest BCUT2D eigenvalue weighted by Crippen LogP contribution is 2.07. The average Bonchev–Trinajstić information content (AvgIpc) is 2.79. The first-order valence-electron chi connectivity index (χ1n) is 4.49. The minimum absolute atomic E-state index is 0.200. The van der Waals surface area contributed by atoms with Gasteiger partial charge in [-0.15, -0.1) is 0 Å². The van der Waals surface area contributed by atoms with Crippen LogP contribution in [0.25, 0.3) is 0 Å². The zero-order valence-electron chi connectivity index (χ0n) is 8.16. The van der Waals surface area contributed by atoms with Crippen LogP contribution in [0.15, 0.2) is 35.6 Å². The van der Waals surface area contributed by atoms with E-state index in [1.807, 2.05) is 0 Å². The Balaban J connectivity index is 2.31. The Hall–Kier alpha value is -2.50. The number of hydrogen-bond donors (Lipinski definition) is 2. The predicted molar refractivity (Wildman–Crippen MR) is 57.0 cm³/mol. The van der Waals surface area contributed by atoms with E-state index in [2.05, 4.69) is 20.2 Å². The molecule has 1 aromatic carbocycles. The maximum Gasteiger partial charge on any atom is 0.336 e. The van der Waals surface area contributed by atoms with Gasteiger partial charge in [-0.3, -0.25) is 0 Å². The van der Waals surface area contributed by atoms with Gasteiger partial charge in [0.1, 0.15) is 6.33 Å². The van der Waals surface area contributed by atoms with Crippen LogP contribution >= 0.6 is 0 Å². The van der Waals surface area contributed by atoms with Gasteiger partial charge in [0.15, 0.2) is 0 Å². The summed E-state index contributed by atoms with van der Waals surface area (Å²) in [6.45, 7) is 0. The van der Waals surface area contributed by atoms with E-state index in [0.29, 0.717) is 11.5 Å². The maximum absolute atomic E-state index is 10.9.